The topological polar surface area (TPSA) is 93.1 Å². The van der Waals surface area contributed by atoms with Crippen molar-refractivity contribution in [2.75, 3.05) is 25.5 Å². The molecule has 0 radical (unpaired) electrons. The summed E-state index contributed by atoms with van der Waals surface area (Å²) in [4.78, 5) is 18.2. The first kappa shape index (κ1) is 31.3. The number of rotatable bonds is 17. The van der Waals surface area contributed by atoms with Gasteiger partial charge in [0.15, 0.2) is 0 Å². The summed E-state index contributed by atoms with van der Waals surface area (Å²) in [5.41, 5.74) is 5.37. The highest BCUT2D eigenvalue weighted by atomic mass is 31.2. The SMILES string of the molecule is CCOP(=O)(COCC=C(C)CCC=C(C)CCC=C(C)CCC=C(C)C)CP(=O)(O)O. The van der Waals surface area contributed by atoms with Crippen molar-refractivity contribution in [3.63, 3.8) is 0 Å². The third-order valence-electron chi connectivity index (χ3n) is 4.76. The van der Waals surface area contributed by atoms with Crippen LogP contribution in [0.5, 0.6) is 0 Å². The summed E-state index contributed by atoms with van der Waals surface area (Å²) in [6.45, 7) is 12.6. The normalized spacial score (nSPS) is 15.6. The Morgan fingerprint density at radius 2 is 1.25 bits per heavy atom. The van der Waals surface area contributed by atoms with E-state index in [1.54, 1.807) is 6.92 Å². The van der Waals surface area contributed by atoms with Gasteiger partial charge in [0.2, 0.25) is 7.37 Å². The van der Waals surface area contributed by atoms with Crippen LogP contribution in [0.4, 0.5) is 0 Å². The van der Waals surface area contributed by atoms with Gasteiger partial charge in [-0.15, -0.1) is 0 Å². The molecule has 0 aromatic heterocycles. The Labute approximate surface area is 195 Å². The van der Waals surface area contributed by atoms with Gasteiger partial charge < -0.3 is 19.0 Å². The second-order valence-electron chi connectivity index (χ2n) is 8.59. The van der Waals surface area contributed by atoms with Crippen molar-refractivity contribution < 1.29 is 28.2 Å². The van der Waals surface area contributed by atoms with E-state index < -0.39 is 20.9 Å². The molecule has 0 bridgehead atoms. The van der Waals surface area contributed by atoms with E-state index in [9.17, 15) is 9.13 Å². The van der Waals surface area contributed by atoms with Crippen molar-refractivity contribution in [1.29, 1.82) is 0 Å². The quantitative estimate of drug-likeness (QED) is 0.124. The van der Waals surface area contributed by atoms with E-state index in [2.05, 4.69) is 45.9 Å². The maximum atomic E-state index is 12.5. The minimum atomic E-state index is -4.43. The summed E-state index contributed by atoms with van der Waals surface area (Å²) in [6.07, 6.45) is 14.7. The zero-order chi connectivity index (χ0) is 24.6. The van der Waals surface area contributed by atoms with Crippen LogP contribution in [0.2, 0.25) is 0 Å². The molecule has 1 atom stereocenters. The Balaban J connectivity index is 4.28. The number of ether oxygens (including phenoxy) is 1. The zero-order valence-corrected chi connectivity index (χ0v) is 22.6. The zero-order valence-electron chi connectivity index (χ0n) is 20.8. The predicted octanol–water partition coefficient (Wildman–Crippen LogP) is 7.56. The number of hydrogen-bond acceptors (Lipinski definition) is 4. The van der Waals surface area contributed by atoms with Crippen LogP contribution in [0.3, 0.4) is 0 Å². The molecule has 8 heteroatoms. The monoisotopic (exact) mass is 490 g/mol. The standard InChI is InChI=1S/C24H44O6P2/c1-7-30-31(25,20-32(26,27)28)19-29-18-17-24(6)16-10-15-23(5)14-9-13-22(4)12-8-11-21(2)3/h11,13,15,17H,7-10,12,14,16,18-20H2,1-6H3,(H2,26,27,28). The maximum Gasteiger partial charge on any atom is 0.335 e. The Kier molecular flexibility index (Phi) is 16.4. The van der Waals surface area contributed by atoms with Gasteiger partial charge in [-0.05, 0) is 80.1 Å². The van der Waals surface area contributed by atoms with Crippen LogP contribution in [0, 0.1) is 0 Å². The average molecular weight is 491 g/mol. The van der Waals surface area contributed by atoms with Gasteiger partial charge >= 0.3 is 7.60 Å². The van der Waals surface area contributed by atoms with Gasteiger partial charge in [0.05, 0.1) is 13.2 Å². The Morgan fingerprint density at radius 3 is 1.69 bits per heavy atom. The molecule has 32 heavy (non-hydrogen) atoms. The highest BCUT2D eigenvalue weighted by Gasteiger charge is 2.32. The molecule has 0 saturated heterocycles. The van der Waals surface area contributed by atoms with E-state index in [0.29, 0.717) is 0 Å². The summed E-state index contributed by atoms with van der Waals surface area (Å²) < 4.78 is 34.1. The summed E-state index contributed by atoms with van der Waals surface area (Å²) in [5.74, 6) is -0.787. The fourth-order valence-corrected chi connectivity index (χ4v) is 6.84. The van der Waals surface area contributed by atoms with Gasteiger partial charge in [-0.25, -0.2) is 0 Å². The molecule has 0 rings (SSSR count). The van der Waals surface area contributed by atoms with Crippen LogP contribution in [-0.2, 0) is 18.4 Å². The molecule has 0 amide bonds. The van der Waals surface area contributed by atoms with E-state index in [4.69, 9.17) is 19.0 Å². The Morgan fingerprint density at radius 1 is 0.781 bits per heavy atom. The Bertz CT molecular complexity index is 754. The fourth-order valence-electron chi connectivity index (χ4n) is 3.02. The van der Waals surface area contributed by atoms with Gasteiger partial charge in [-0.1, -0.05) is 46.6 Å². The van der Waals surface area contributed by atoms with E-state index in [1.165, 1.54) is 16.7 Å². The van der Waals surface area contributed by atoms with Crippen molar-refractivity contribution >= 4 is 15.0 Å². The third-order valence-corrected chi connectivity index (χ3v) is 9.26. The van der Waals surface area contributed by atoms with Crippen LogP contribution in [0.15, 0.2) is 46.6 Å². The molecule has 0 heterocycles. The van der Waals surface area contributed by atoms with Gasteiger partial charge in [-0.3, -0.25) is 9.13 Å². The summed E-state index contributed by atoms with van der Waals surface area (Å²) in [5, 5.41) is 0. The lowest BCUT2D eigenvalue weighted by Crippen LogP contribution is -2.04. The molecule has 0 aliphatic heterocycles. The largest absolute Gasteiger partial charge is 0.367 e. The Hall–Kier alpha value is -0.740. The van der Waals surface area contributed by atoms with Gasteiger partial charge in [0, 0.05) is 0 Å². The first-order chi connectivity index (χ1) is 14.9. The van der Waals surface area contributed by atoms with Crippen LogP contribution in [0.1, 0.15) is 80.1 Å². The maximum absolute atomic E-state index is 12.5. The smallest absolute Gasteiger partial charge is 0.335 e. The molecule has 2 N–H and O–H groups in total. The van der Waals surface area contributed by atoms with Crippen molar-refractivity contribution in [3.05, 3.63) is 46.6 Å². The molecular weight excluding hydrogens is 446 g/mol. The molecule has 186 valence electrons. The van der Waals surface area contributed by atoms with Gasteiger partial charge in [-0.2, -0.15) is 0 Å². The van der Waals surface area contributed by atoms with Crippen LogP contribution >= 0.6 is 15.0 Å². The molecule has 0 aliphatic carbocycles. The van der Waals surface area contributed by atoms with E-state index >= 15 is 0 Å². The van der Waals surface area contributed by atoms with E-state index in [1.807, 2.05) is 13.0 Å². The molecule has 0 aliphatic rings. The highest BCUT2D eigenvalue weighted by Crippen LogP contribution is 2.58. The average Bonchev–Trinajstić information content (AvgIpc) is 2.63. The van der Waals surface area contributed by atoms with Crippen LogP contribution in [-0.4, -0.2) is 35.3 Å². The molecular formula is C24H44O6P2. The minimum Gasteiger partial charge on any atom is -0.367 e. The first-order valence-electron chi connectivity index (χ1n) is 11.3. The molecule has 0 aromatic carbocycles. The minimum absolute atomic E-state index is 0.118. The number of allylic oxidation sites excluding steroid dienone is 7. The van der Waals surface area contributed by atoms with E-state index in [0.717, 1.165) is 44.1 Å². The molecule has 1 unspecified atom stereocenters. The molecule has 0 aromatic rings. The lowest BCUT2D eigenvalue weighted by Gasteiger charge is -2.18. The summed E-state index contributed by atoms with van der Waals surface area (Å²) >= 11 is 0. The van der Waals surface area contributed by atoms with Gasteiger partial charge in [0.1, 0.15) is 12.3 Å². The van der Waals surface area contributed by atoms with Crippen molar-refractivity contribution in [2.24, 2.45) is 0 Å². The van der Waals surface area contributed by atoms with E-state index in [-0.39, 0.29) is 19.6 Å². The van der Waals surface area contributed by atoms with Crippen LogP contribution < -0.4 is 0 Å². The third kappa shape index (κ3) is 18.8. The molecule has 6 nitrogen and oxygen atoms in total. The van der Waals surface area contributed by atoms with Crippen molar-refractivity contribution in [3.8, 4) is 0 Å². The fraction of sp³-hybridized carbons (Fsp3) is 0.667. The number of hydrogen-bond donors (Lipinski definition) is 2. The molecule has 0 fully saturated rings. The highest BCUT2D eigenvalue weighted by molar-refractivity contribution is 7.73. The summed E-state index contributed by atoms with van der Waals surface area (Å²) in [7, 11) is -7.92. The molecule has 0 saturated carbocycles. The van der Waals surface area contributed by atoms with Crippen molar-refractivity contribution in [2.45, 2.75) is 80.1 Å². The lowest BCUT2D eigenvalue weighted by molar-refractivity contribution is 0.190. The predicted molar refractivity (Wildman–Crippen MR) is 135 cm³/mol. The van der Waals surface area contributed by atoms with Crippen LogP contribution in [0.25, 0.3) is 0 Å². The second kappa shape index (κ2) is 16.8. The first-order valence-corrected chi connectivity index (χ1v) is 15.1. The van der Waals surface area contributed by atoms with Gasteiger partial charge in [0.25, 0.3) is 0 Å². The second-order valence-corrected chi connectivity index (χ2v) is 13.2. The summed E-state index contributed by atoms with van der Waals surface area (Å²) in [6, 6.07) is 0. The molecule has 0 spiro atoms. The van der Waals surface area contributed by atoms with Crippen molar-refractivity contribution in [1.82, 2.24) is 0 Å². The lowest BCUT2D eigenvalue weighted by atomic mass is 10.0.